The quantitative estimate of drug-likeness (QED) is 0.176. The fourth-order valence-corrected chi connectivity index (χ4v) is 1.32. The van der Waals surface area contributed by atoms with Crippen LogP contribution in [-0.4, -0.2) is 67.5 Å². The molecule has 1 aromatic rings. The molecule has 11 nitrogen and oxygen atoms in total. The molecule has 0 atom stereocenters. The standard InChI is InChI=1S/C9H15F3N6O.C4H4O4/c10-9(11,12)6-14-8(13)16-7-5-15-18(17-7)3-1-2-4-19;5-3(6)1-2-4(7)8/h5,19H,1-4,6H2,(H3,13,14,16,17);1-2H,(H,5,6)(H,7,8)/b;2-1-. The van der Waals surface area contributed by atoms with Gasteiger partial charge in [0.1, 0.15) is 6.54 Å². The van der Waals surface area contributed by atoms with Crippen LogP contribution in [0.15, 0.2) is 23.3 Å². The molecule has 0 unspecified atom stereocenters. The Morgan fingerprint density at radius 2 is 1.85 bits per heavy atom. The van der Waals surface area contributed by atoms with Crippen molar-refractivity contribution < 1.29 is 38.1 Å². The second-order valence-electron chi connectivity index (χ2n) is 4.71. The number of nitrogens with one attached hydrogen (secondary N) is 1. The first-order chi connectivity index (χ1) is 12.5. The van der Waals surface area contributed by atoms with Crippen molar-refractivity contribution in [1.82, 2.24) is 15.0 Å². The second-order valence-corrected chi connectivity index (χ2v) is 4.71. The lowest BCUT2D eigenvalue weighted by atomic mass is 10.3. The lowest BCUT2D eigenvalue weighted by molar-refractivity contribution is -0.134. The second kappa shape index (κ2) is 12.2. The van der Waals surface area contributed by atoms with Crippen molar-refractivity contribution in [2.24, 2.45) is 10.7 Å². The van der Waals surface area contributed by atoms with Crippen molar-refractivity contribution in [2.75, 3.05) is 18.5 Å². The Balaban J connectivity index is 0.000000713. The molecular weight excluding hydrogens is 377 g/mol. The lowest BCUT2D eigenvalue weighted by Gasteiger charge is -2.04. The monoisotopic (exact) mass is 396 g/mol. The number of aromatic nitrogens is 3. The highest BCUT2D eigenvalue weighted by molar-refractivity contribution is 5.91. The highest BCUT2D eigenvalue weighted by Crippen LogP contribution is 2.14. The molecule has 0 fully saturated rings. The summed E-state index contributed by atoms with van der Waals surface area (Å²) in [4.78, 5) is 23.6. The number of aliphatic hydroxyl groups excluding tert-OH is 1. The Morgan fingerprint density at radius 3 is 2.33 bits per heavy atom. The highest BCUT2D eigenvalue weighted by atomic mass is 19.4. The van der Waals surface area contributed by atoms with E-state index in [9.17, 15) is 22.8 Å². The molecule has 1 heterocycles. The van der Waals surface area contributed by atoms with Crippen molar-refractivity contribution in [3.05, 3.63) is 18.3 Å². The van der Waals surface area contributed by atoms with Crippen LogP contribution in [0.25, 0.3) is 0 Å². The SMILES string of the molecule is NC(=NCC(F)(F)F)Nc1cnn(CCCCO)n1.O=C(O)/C=C\C(=O)O. The maximum Gasteiger partial charge on any atom is 0.408 e. The first-order valence-corrected chi connectivity index (χ1v) is 7.32. The van der Waals surface area contributed by atoms with Crippen LogP contribution in [0.3, 0.4) is 0 Å². The summed E-state index contributed by atoms with van der Waals surface area (Å²) in [5.74, 6) is -2.67. The number of carboxylic acid groups (broad SMARTS) is 2. The van der Waals surface area contributed by atoms with Gasteiger partial charge in [0.15, 0.2) is 11.8 Å². The van der Waals surface area contributed by atoms with Gasteiger partial charge >= 0.3 is 18.1 Å². The van der Waals surface area contributed by atoms with Gasteiger partial charge in [0.05, 0.1) is 12.7 Å². The van der Waals surface area contributed by atoms with Crippen molar-refractivity contribution in [3.8, 4) is 0 Å². The number of hydrogen-bond donors (Lipinski definition) is 5. The molecule has 0 saturated heterocycles. The van der Waals surface area contributed by atoms with Gasteiger partial charge in [-0.2, -0.15) is 23.1 Å². The number of guanidine groups is 1. The van der Waals surface area contributed by atoms with Gasteiger partial charge in [-0.15, -0.1) is 5.10 Å². The van der Waals surface area contributed by atoms with Gasteiger partial charge in [-0.05, 0) is 12.8 Å². The molecule has 1 aromatic heterocycles. The van der Waals surface area contributed by atoms with Gasteiger partial charge in [-0.3, -0.25) is 0 Å². The van der Waals surface area contributed by atoms with Crippen LogP contribution in [0, 0.1) is 0 Å². The maximum atomic E-state index is 11.9. The Hall–Kier alpha value is -3.16. The molecular formula is C13H19F3N6O5. The number of hydrogen-bond acceptors (Lipinski definition) is 6. The van der Waals surface area contributed by atoms with Crippen LogP contribution < -0.4 is 11.1 Å². The van der Waals surface area contributed by atoms with E-state index in [1.807, 2.05) is 0 Å². The van der Waals surface area contributed by atoms with Gasteiger partial charge in [-0.25, -0.2) is 14.6 Å². The molecule has 0 aliphatic carbocycles. The van der Waals surface area contributed by atoms with Crippen LogP contribution in [0.1, 0.15) is 12.8 Å². The number of nitrogens with two attached hydrogens (primary N) is 1. The average molecular weight is 396 g/mol. The van der Waals surface area contributed by atoms with Crippen molar-refractivity contribution >= 4 is 23.7 Å². The van der Waals surface area contributed by atoms with Gasteiger partial charge in [0.25, 0.3) is 0 Å². The Kier molecular flexibility index (Phi) is 10.8. The number of rotatable bonds is 8. The fourth-order valence-electron chi connectivity index (χ4n) is 1.32. The van der Waals surface area contributed by atoms with E-state index in [1.165, 1.54) is 11.0 Å². The summed E-state index contributed by atoms with van der Waals surface area (Å²) in [6, 6.07) is 0. The van der Waals surface area contributed by atoms with Crippen LogP contribution in [0.5, 0.6) is 0 Å². The van der Waals surface area contributed by atoms with Gasteiger partial charge in [-0.1, -0.05) is 0 Å². The normalized spacial score (nSPS) is 11.8. The van der Waals surface area contributed by atoms with Crippen molar-refractivity contribution in [2.45, 2.75) is 25.6 Å². The maximum absolute atomic E-state index is 11.9. The molecule has 6 N–H and O–H groups in total. The van der Waals surface area contributed by atoms with E-state index in [-0.39, 0.29) is 18.4 Å². The van der Waals surface area contributed by atoms with E-state index in [1.54, 1.807) is 0 Å². The molecule has 0 aliphatic heterocycles. The first kappa shape index (κ1) is 23.8. The number of anilines is 1. The molecule has 0 bridgehead atoms. The fraction of sp³-hybridized carbons (Fsp3) is 0.462. The summed E-state index contributed by atoms with van der Waals surface area (Å²) in [7, 11) is 0. The zero-order valence-corrected chi connectivity index (χ0v) is 13.9. The average Bonchev–Trinajstić information content (AvgIpc) is 2.98. The molecule has 0 amide bonds. The summed E-state index contributed by atoms with van der Waals surface area (Å²) in [5, 5.41) is 34.5. The van der Waals surface area contributed by atoms with Gasteiger partial charge in [0.2, 0.25) is 0 Å². The van der Waals surface area contributed by atoms with E-state index < -0.39 is 24.7 Å². The number of carboxylic acids is 2. The highest BCUT2D eigenvalue weighted by Gasteiger charge is 2.26. The topological polar surface area (TPSA) is 176 Å². The zero-order valence-electron chi connectivity index (χ0n) is 13.9. The number of aliphatic hydroxyl groups is 1. The minimum Gasteiger partial charge on any atom is -0.478 e. The Labute approximate surface area is 151 Å². The number of nitrogens with zero attached hydrogens (tertiary/aromatic N) is 4. The van der Waals surface area contributed by atoms with Crippen LogP contribution in [-0.2, 0) is 16.1 Å². The van der Waals surface area contributed by atoms with E-state index in [4.69, 9.17) is 21.1 Å². The van der Waals surface area contributed by atoms with E-state index >= 15 is 0 Å². The third-order valence-corrected chi connectivity index (χ3v) is 2.36. The molecule has 1 rings (SSSR count). The van der Waals surface area contributed by atoms with E-state index in [0.717, 1.165) is 0 Å². The zero-order chi connectivity index (χ0) is 20.9. The van der Waals surface area contributed by atoms with Crippen LogP contribution in [0.2, 0.25) is 0 Å². The molecule has 0 saturated carbocycles. The summed E-state index contributed by atoms with van der Waals surface area (Å²) in [6.45, 7) is -0.762. The van der Waals surface area contributed by atoms with Crippen LogP contribution >= 0.6 is 0 Å². The lowest BCUT2D eigenvalue weighted by Crippen LogP contribution is -2.25. The first-order valence-electron chi connectivity index (χ1n) is 7.32. The van der Waals surface area contributed by atoms with E-state index in [2.05, 4.69) is 20.5 Å². The molecule has 0 spiro atoms. The summed E-state index contributed by atoms with van der Waals surface area (Å²) in [6.07, 6.45) is -0.629. The van der Waals surface area contributed by atoms with Crippen molar-refractivity contribution in [1.29, 1.82) is 0 Å². The number of aliphatic imine (C=N–C) groups is 1. The number of aryl methyl sites for hydroxylation is 1. The third-order valence-electron chi connectivity index (χ3n) is 2.36. The van der Waals surface area contributed by atoms with Crippen LogP contribution in [0.4, 0.5) is 19.0 Å². The smallest absolute Gasteiger partial charge is 0.408 e. The minimum absolute atomic E-state index is 0.0867. The third kappa shape index (κ3) is 14.9. The summed E-state index contributed by atoms with van der Waals surface area (Å²) >= 11 is 0. The number of alkyl halides is 3. The Morgan fingerprint density at radius 1 is 1.26 bits per heavy atom. The largest absolute Gasteiger partial charge is 0.478 e. The molecule has 0 aromatic carbocycles. The predicted molar refractivity (Wildman–Crippen MR) is 86.9 cm³/mol. The van der Waals surface area contributed by atoms with Crippen molar-refractivity contribution in [3.63, 3.8) is 0 Å². The molecule has 0 radical (unpaired) electrons. The minimum atomic E-state index is -4.39. The predicted octanol–water partition coefficient (Wildman–Crippen LogP) is 0.0513. The molecule has 14 heteroatoms. The number of carbonyl (C=O) groups is 2. The Bertz CT molecular complexity index is 643. The number of aliphatic carboxylic acids is 2. The summed E-state index contributed by atoms with van der Waals surface area (Å²) in [5.41, 5.74) is 5.27. The molecule has 0 aliphatic rings. The van der Waals surface area contributed by atoms with Gasteiger partial charge < -0.3 is 26.4 Å². The van der Waals surface area contributed by atoms with E-state index in [0.29, 0.717) is 31.5 Å². The molecule has 152 valence electrons. The summed E-state index contributed by atoms with van der Waals surface area (Å²) < 4.78 is 35.7. The number of halogens is 3. The molecule has 27 heavy (non-hydrogen) atoms. The number of unbranched alkanes of at least 4 members (excludes halogenated alkanes) is 1. The van der Waals surface area contributed by atoms with Gasteiger partial charge in [0, 0.05) is 18.8 Å².